The van der Waals surface area contributed by atoms with Gasteiger partial charge in [-0.3, -0.25) is 4.90 Å². The van der Waals surface area contributed by atoms with Crippen molar-refractivity contribution in [3.8, 4) is 5.88 Å². The number of ether oxygens (including phenoxy) is 2. The van der Waals surface area contributed by atoms with Crippen molar-refractivity contribution in [3.63, 3.8) is 0 Å². The van der Waals surface area contributed by atoms with E-state index in [1.165, 1.54) is 35.2 Å². The number of fused-ring (bicyclic) bond motifs is 5. The van der Waals surface area contributed by atoms with Crippen molar-refractivity contribution in [2.45, 2.75) is 32.6 Å². The van der Waals surface area contributed by atoms with Crippen LogP contribution in [0.25, 0.3) is 20.4 Å². The largest absolute Gasteiger partial charge is 0.476 e. The Hall–Kier alpha value is -2.06. The molecule has 3 aromatic heterocycles. The van der Waals surface area contributed by atoms with E-state index in [-0.39, 0.29) is 0 Å². The standard InChI is InChI=1S/C18H21N5O2S/c1-2-25-17-15-14(20-22-21-17)13-11-5-3-4-6-12(11)16(19-18(13)26-15)23-7-9-24-10-8-23/h2-10H2,1H3/p+1. The zero-order valence-corrected chi connectivity index (χ0v) is 15.7. The molecule has 0 aromatic carbocycles. The third kappa shape index (κ3) is 2.51. The molecule has 5 rings (SSSR count). The van der Waals surface area contributed by atoms with Gasteiger partial charge in [-0.1, -0.05) is 16.4 Å². The third-order valence-corrected chi connectivity index (χ3v) is 6.34. The Labute approximate surface area is 155 Å². The molecule has 0 bridgehead atoms. The molecule has 0 saturated carbocycles. The van der Waals surface area contributed by atoms with E-state index in [0.717, 1.165) is 54.2 Å². The van der Waals surface area contributed by atoms with Crippen molar-refractivity contribution in [1.29, 1.82) is 0 Å². The first kappa shape index (κ1) is 16.1. The second kappa shape index (κ2) is 6.59. The van der Waals surface area contributed by atoms with E-state index in [9.17, 15) is 0 Å². The minimum atomic E-state index is 0.572. The number of aromatic nitrogens is 4. The molecule has 1 saturated heterocycles. The summed E-state index contributed by atoms with van der Waals surface area (Å²) in [6.45, 7) is 5.98. The summed E-state index contributed by atoms with van der Waals surface area (Å²) in [7, 11) is 0. The van der Waals surface area contributed by atoms with Gasteiger partial charge in [0.05, 0.1) is 25.2 Å². The van der Waals surface area contributed by atoms with Crippen molar-refractivity contribution in [1.82, 2.24) is 15.4 Å². The number of morpholine rings is 1. The van der Waals surface area contributed by atoms with Crippen LogP contribution < -0.4 is 14.6 Å². The lowest BCUT2D eigenvalue weighted by molar-refractivity contribution is -0.328. The maximum absolute atomic E-state index is 5.70. The number of rotatable bonds is 3. The number of nitrogens with zero attached hydrogens (tertiary/aromatic N) is 4. The summed E-state index contributed by atoms with van der Waals surface area (Å²) in [5, 5.41) is 13.7. The van der Waals surface area contributed by atoms with Crippen LogP contribution in [0, 0.1) is 0 Å². The number of hydrogen-bond donors (Lipinski definition) is 0. The highest BCUT2D eigenvalue weighted by Crippen LogP contribution is 2.41. The highest BCUT2D eigenvalue weighted by atomic mass is 32.1. The Bertz CT molecular complexity index is 967. The fourth-order valence-electron chi connectivity index (χ4n) is 4.10. The molecule has 26 heavy (non-hydrogen) atoms. The molecule has 8 heteroatoms. The summed E-state index contributed by atoms with van der Waals surface area (Å²) < 4.78 is 12.2. The summed E-state index contributed by atoms with van der Waals surface area (Å²) in [6.07, 6.45) is 4.67. The minimum Gasteiger partial charge on any atom is -0.476 e. The molecule has 0 amide bonds. The van der Waals surface area contributed by atoms with Gasteiger partial charge in [0.1, 0.15) is 23.3 Å². The van der Waals surface area contributed by atoms with E-state index in [2.05, 4.69) is 25.3 Å². The molecular weight excluding hydrogens is 350 g/mol. The molecule has 0 radical (unpaired) electrons. The van der Waals surface area contributed by atoms with Crippen LogP contribution in [-0.4, -0.2) is 48.3 Å². The number of aryl methyl sites for hydroxylation is 1. The number of nitrogens with one attached hydrogen (secondary N) is 1. The smallest absolute Gasteiger partial charge is 0.279 e. The van der Waals surface area contributed by atoms with Gasteiger partial charge in [0.2, 0.25) is 0 Å². The lowest BCUT2D eigenvalue weighted by Crippen LogP contribution is -2.40. The molecule has 3 aromatic rings. The molecule has 2 aliphatic rings. The van der Waals surface area contributed by atoms with Crippen molar-refractivity contribution < 1.29 is 14.5 Å². The van der Waals surface area contributed by atoms with Gasteiger partial charge in [0.15, 0.2) is 4.83 Å². The highest BCUT2D eigenvalue weighted by Gasteiger charge is 2.31. The summed E-state index contributed by atoms with van der Waals surface area (Å²) >= 11 is 1.68. The van der Waals surface area contributed by atoms with Gasteiger partial charge < -0.3 is 9.47 Å². The van der Waals surface area contributed by atoms with Gasteiger partial charge in [-0.15, -0.1) is 5.10 Å². The molecule has 1 N–H and O–H groups in total. The number of thiophene rings is 1. The molecular formula is C18H22N5O2S+. The van der Waals surface area contributed by atoms with Gasteiger partial charge in [0, 0.05) is 5.56 Å². The zero-order valence-electron chi connectivity index (χ0n) is 14.9. The topological polar surface area (TPSA) is 74.5 Å². The summed E-state index contributed by atoms with van der Waals surface area (Å²) in [5.41, 5.74) is 3.80. The van der Waals surface area contributed by atoms with E-state index < -0.39 is 0 Å². The van der Waals surface area contributed by atoms with Crippen molar-refractivity contribution in [2.75, 3.05) is 37.8 Å². The second-order valence-electron chi connectivity index (χ2n) is 6.75. The number of pyridine rings is 1. The molecule has 136 valence electrons. The van der Waals surface area contributed by atoms with Gasteiger partial charge in [-0.2, -0.15) is 0 Å². The van der Waals surface area contributed by atoms with E-state index >= 15 is 0 Å². The highest BCUT2D eigenvalue weighted by molar-refractivity contribution is 7.25. The van der Waals surface area contributed by atoms with E-state index in [4.69, 9.17) is 9.47 Å². The fourth-order valence-corrected chi connectivity index (χ4v) is 5.20. The lowest BCUT2D eigenvalue weighted by atomic mass is 9.90. The average Bonchev–Trinajstić information content (AvgIpc) is 3.08. The molecule has 1 aliphatic heterocycles. The maximum atomic E-state index is 5.70. The van der Waals surface area contributed by atoms with Crippen molar-refractivity contribution >= 4 is 37.6 Å². The minimum absolute atomic E-state index is 0.572. The molecule has 1 fully saturated rings. The van der Waals surface area contributed by atoms with Crippen LogP contribution in [0.15, 0.2) is 0 Å². The Kier molecular flexibility index (Phi) is 4.09. The molecule has 4 heterocycles. The van der Waals surface area contributed by atoms with Crippen LogP contribution >= 0.6 is 11.3 Å². The van der Waals surface area contributed by atoms with Crippen LogP contribution in [0.5, 0.6) is 5.88 Å². The third-order valence-electron chi connectivity index (χ3n) is 5.25. The Morgan fingerprint density at radius 1 is 1.15 bits per heavy atom. The summed E-state index contributed by atoms with van der Waals surface area (Å²) in [4.78, 5) is 7.30. The van der Waals surface area contributed by atoms with Crippen LogP contribution in [0.3, 0.4) is 0 Å². The maximum Gasteiger partial charge on any atom is 0.279 e. The van der Waals surface area contributed by atoms with E-state index in [1.807, 2.05) is 6.92 Å². The Balaban J connectivity index is 1.77. The fraction of sp³-hybridized carbons (Fsp3) is 0.556. The molecule has 0 spiro atoms. The predicted octanol–water partition coefficient (Wildman–Crippen LogP) is 2.17. The van der Waals surface area contributed by atoms with Gasteiger partial charge >= 0.3 is 0 Å². The van der Waals surface area contributed by atoms with Crippen LogP contribution in [0.1, 0.15) is 30.9 Å². The molecule has 7 nitrogen and oxygen atoms in total. The first-order valence-electron chi connectivity index (χ1n) is 9.35. The Morgan fingerprint density at radius 3 is 2.77 bits per heavy atom. The quantitative estimate of drug-likeness (QED) is 0.701. The second-order valence-corrected chi connectivity index (χ2v) is 7.77. The molecule has 0 unspecified atom stereocenters. The van der Waals surface area contributed by atoms with Gasteiger partial charge in [-0.25, -0.2) is 4.98 Å². The first-order valence-corrected chi connectivity index (χ1v) is 10.2. The predicted molar refractivity (Wildman–Crippen MR) is 100 cm³/mol. The van der Waals surface area contributed by atoms with Crippen molar-refractivity contribution in [2.24, 2.45) is 0 Å². The van der Waals surface area contributed by atoms with Crippen LogP contribution in [0.4, 0.5) is 5.82 Å². The van der Waals surface area contributed by atoms with E-state index in [1.54, 1.807) is 11.3 Å². The molecule has 0 atom stereocenters. The first-order chi connectivity index (χ1) is 12.9. The van der Waals surface area contributed by atoms with Crippen LogP contribution in [0.2, 0.25) is 0 Å². The van der Waals surface area contributed by atoms with Crippen LogP contribution in [-0.2, 0) is 17.6 Å². The van der Waals surface area contributed by atoms with Gasteiger partial charge in [0.25, 0.3) is 11.7 Å². The normalized spacial score (nSPS) is 17.7. The lowest BCUT2D eigenvalue weighted by Gasteiger charge is -2.25. The molecule has 1 aliphatic carbocycles. The summed E-state index contributed by atoms with van der Waals surface area (Å²) in [6, 6.07) is 0. The SMILES string of the molecule is CCOc1nnnc2c1sc1[nH+]c(N3CCOCC3)c3c(c12)CCCC3. The number of H-pyrrole nitrogens is 1. The summed E-state index contributed by atoms with van der Waals surface area (Å²) in [5.74, 6) is 1.85. The number of anilines is 1. The number of hydrogen-bond acceptors (Lipinski definition) is 7. The monoisotopic (exact) mass is 372 g/mol. The zero-order chi connectivity index (χ0) is 17.5. The van der Waals surface area contributed by atoms with Gasteiger partial charge in [-0.05, 0) is 43.4 Å². The average molecular weight is 372 g/mol. The number of aromatic amines is 1. The van der Waals surface area contributed by atoms with Crippen molar-refractivity contribution in [3.05, 3.63) is 11.1 Å². The van der Waals surface area contributed by atoms with E-state index in [0.29, 0.717) is 12.5 Å². The Morgan fingerprint density at radius 2 is 1.96 bits per heavy atom.